The van der Waals surface area contributed by atoms with Crippen LogP contribution in [0.2, 0.25) is 0 Å². The molecule has 0 saturated carbocycles. The van der Waals surface area contributed by atoms with E-state index in [1.807, 2.05) is 26.0 Å². The lowest BCUT2D eigenvalue weighted by Crippen LogP contribution is -2.31. The molecule has 0 aliphatic rings. The molecule has 2 aromatic rings. The van der Waals surface area contributed by atoms with Gasteiger partial charge in [0.2, 0.25) is 0 Å². The fourth-order valence-corrected chi connectivity index (χ4v) is 1.70. The maximum absolute atomic E-state index is 11.9. The van der Waals surface area contributed by atoms with Crippen molar-refractivity contribution in [2.45, 2.75) is 33.4 Å². The molecule has 0 spiro atoms. The third kappa shape index (κ3) is 3.81. The monoisotopic (exact) mass is 274 g/mol. The Morgan fingerprint density at radius 1 is 1.40 bits per heavy atom. The SMILES string of the molecule is Cc1nc(NCc2ccco2)cc(C(=O)NC(C)C)n1. The summed E-state index contributed by atoms with van der Waals surface area (Å²) in [6, 6.07) is 5.39. The summed E-state index contributed by atoms with van der Waals surface area (Å²) >= 11 is 0. The van der Waals surface area contributed by atoms with Crippen molar-refractivity contribution in [1.29, 1.82) is 0 Å². The zero-order valence-corrected chi connectivity index (χ0v) is 11.8. The van der Waals surface area contributed by atoms with Crippen molar-refractivity contribution in [3.63, 3.8) is 0 Å². The summed E-state index contributed by atoms with van der Waals surface area (Å²) < 4.78 is 5.23. The van der Waals surface area contributed by atoms with Gasteiger partial charge < -0.3 is 15.1 Å². The highest BCUT2D eigenvalue weighted by molar-refractivity contribution is 5.93. The lowest BCUT2D eigenvalue weighted by Gasteiger charge is -2.10. The van der Waals surface area contributed by atoms with Crippen LogP contribution in [0.3, 0.4) is 0 Å². The van der Waals surface area contributed by atoms with Crippen LogP contribution in [0.5, 0.6) is 0 Å². The quantitative estimate of drug-likeness (QED) is 0.873. The minimum Gasteiger partial charge on any atom is -0.467 e. The Labute approximate surface area is 117 Å². The van der Waals surface area contributed by atoms with Crippen LogP contribution in [0.4, 0.5) is 5.82 Å². The molecule has 0 aliphatic heterocycles. The summed E-state index contributed by atoms with van der Waals surface area (Å²) in [7, 11) is 0. The third-order valence-electron chi connectivity index (χ3n) is 2.51. The molecule has 0 saturated heterocycles. The standard InChI is InChI=1S/C14H18N4O2/c1-9(2)16-14(19)12-7-13(18-10(3)17-12)15-8-11-5-4-6-20-11/h4-7,9H,8H2,1-3H3,(H,16,19)(H,15,17,18). The Bertz CT molecular complexity index is 579. The van der Waals surface area contributed by atoms with Crippen molar-refractivity contribution in [1.82, 2.24) is 15.3 Å². The summed E-state index contributed by atoms with van der Waals surface area (Å²) in [5, 5.41) is 5.92. The van der Waals surface area contributed by atoms with Crippen molar-refractivity contribution in [2.75, 3.05) is 5.32 Å². The molecule has 6 nitrogen and oxygen atoms in total. The van der Waals surface area contributed by atoms with Gasteiger partial charge in [-0.15, -0.1) is 0 Å². The average molecular weight is 274 g/mol. The van der Waals surface area contributed by atoms with E-state index in [0.29, 0.717) is 23.9 Å². The van der Waals surface area contributed by atoms with Gasteiger partial charge in [-0.25, -0.2) is 9.97 Å². The Balaban J connectivity index is 2.09. The van der Waals surface area contributed by atoms with Gasteiger partial charge in [0.15, 0.2) is 0 Å². The molecule has 106 valence electrons. The minimum absolute atomic E-state index is 0.0669. The molecule has 1 amide bonds. The molecule has 0 fully saturated rings. The van der Waals surface area contributed by atoms with E-state index < -0.39 is 0 Å². The van der Waals surface area contributed by atoms with Gasteiger partial charge in [0.25, 0.3) is 5.91 Å². The van der Waals surface area contributed by atoms with Crippen molar-refractivity contribution in [3.05, 3.63) is 41.7 Å². The Morgan fingerprint density at radius 2 is 2.20 bits per heavy atom. The lowest BCUT2D eigenvalue weighted by molar-refractivity contribution is 0.0937. The summed E-state index contributed by atoms with van der Waals surface area (Å²) in [6.07, 6.45) is 1.61. The molecule has 6 heteroatoms. The number of nitrogens with one attached hydrogen (secondary N) is 2. The number of aryl methyl sites for hydroxylation is 1. The summed E-state index contributed by atoms with van der Waals surface area (Å²) in [5.41, 5.74) is 0.355. The van der Waals surface area contributed by atoms with Crippen molar-refractivity contribution >= 4 is 11.7 Å². The van der Waals surface area contributed by atoms with E-state index in [-0.39, 0.29) is 11.9 Å². The molecule has 2 heterocycles. The van der Waals surface area contributed by atoms with Crippen LogP contribution < -0.4 is 10.6 Å². The maximum atomic E-state index is 11.9. The second-order valence-electron chi connectivity index (χ2n) is 4.75. The van der Waals surface area contributed by atoms with E-state index in [1.54, 1.807) is 19.3 Å². The number of anilines is 1. The number of rotatable bonds is 5. The van der Waals surface area contributed by atoms with Gasteiger partial charge in [-0.2, -0.15) is 0 Å². The zero-order chi connectivity index (χ0) is 14.5. The van der Waals surface area contributed by atoms with Gasteiger partial charge in [-0.05, 0) is 32.9 Å². The van der Waals surface area contributed by atoms with Gasteiger partial charge in [-0.1, -0.05) is 0 Å². The molecule has 2 N–H and O–H groups in total. The van der Waals surface area contributed by atoms with Crippen molar-refractivity contribution in [2.24, 2.45) is 0 Å². The van der Waals surface area contributed by atoms with E-state index in [2.05, 4.69) is 20.6 Å². The number of aromatic nitrogens is 2. The lowest BCUT2D eigenvalue weighted by atomic mass is 10.3. The summed E-state index contributed by atoms with van der Waals surface area (Å²) in [4.78, 5) is 20.3. The minimum atomic E-state index is -0.202. The summed E-state index contributed by atoms with van der Waals surface area (Å²) in [6.45, 7) is 6.07. The second-order valence-corrected chi connectivity index (χ2v) is 4.75. The molecule has 0 aliphatic carbocycles. The van der Waals surface area contributed by atoms with Crippen molar-refractivity contribution in [3.8, 4) is 0 Å². The fraction of sp³-hybridized carbons (Fsp3) is 0.357. The van der Waals surface area contributed by atoms with E-state index in [0.717, 1.165) is 5.76 Å². The van der Waals surface area contributed by atoms with Crippen molar-refractivity contribution < 1.29 is 9.21 Å². The number of nitrogens with zero attached hydrogens (tertiary/aromatic N) is 2. The summed E-state index contributed by atoms with van der Waals surface area (Å²) in [5.74, 6) is 1.74. The molecule has 0 unspecified atom stereocenters. The molecule has 0 radical (unpaired) electrons. The number of amides is 1. The fourth-order valence-electron chi connectivity index (χ4n) is 1.70. The molecular formula is C14H18N4O2. The van der Waals surface area contributed by atoms with E-state index in [4.69, 9.17) is 4.42 Å². The van der Waals surface area contributed by atoms with Gasteiger partial charge in [-0.3, -0.25) is 4.79 Å². The first-order valence-corrected chi connectivity index (χ1v) is 6.47. The van der Waals surface area contributed by atoms with Crippen LogP contribution in [0.1, 0.15) is 35.9 Å². The molecule has 0 bridgehead atoms. The molecular weight excluding hydrogens is 256 g/mol. The van der Waals surface area contributed by atoms with Gasteiger partial charge in [0.05, 0.1) is 12.8 Å². The zero-order valence-electron chi connectivity index (χ0n) is 11.8. The highest BCUT2D eigenvalue weighted by Crippen LogP contribution is 2.09. The van der Waals surface area contributed by atoms with Gasteiger partial charge in [0, 0.05) is 12.1 Å². The predicted molar refractivity (Wildman–Crippen MR) is 75.4 cm³/mol. The molecule has 0 atom stereocenters. The van der Waals surface area contributed by atoms with Crippen LogP contribution in [-0.2, 0) is 6.54 Å². The Hall–Kier alpha value is -2.37. The number of carbonyl (C=O) groups excluding carboxylic acids is 1. The largest absolute Gasteiger partial charge is 0.467 e. The normalized spacial score (nSPS) is 10.6. The van der Waals surface area contributed by atoms with E-state index >= 15 is 0 Å². The van der Waals surface area contributed by atoms with E-state index in [9.17, 15) is 4.79 Å². The maximum Gasteiger partial charge on any atom is 0.270 e. The number of hydrogen-bond donors (Lipinski definition) is 2. The van der Waals surface area contributed by atoms with Gasteiger partial charge in [0.1, 0.15) is 23.1 Å². The highest BCUT2D eigenvalue weighted by Gasteiger charge is 2.11. The Morgan fingerprint density at radius 3 is 2.85 bits per heavy atom. The first-order valence-electron chi connectivity index (χ1n) is 6.47. The van der Waals surface area contributed by atoms with Crippen LogP contribution in [0, 0.1) is 6.92 Å². The molecule has 2 aromatic heterocycles. The first kappa shape index (κ1) is 14.0. The molecule has 20 heavy (non-hydrogen) atoms. The van der Waals surface area contributed by atoms with Gasteiger partial charge >= 0.3 is 0 Å². The number of hydrogen-bond acceptors (Lipinski definition) is 5. The van der Waals surface area contributed by atoms with Crippen LogP contribution in [0.15, 0.2) is 28.9 Å². The third-order valence-corrected chi connectivity index (χ3v) is 2.51. The molecule has 2 rings (SSSR count). The molecule has 0 aromatic carbocycles. The smallest absolute Gasteiger partial charge is 0.270 e. The number of furan rings is 1. The van der Waals surface area contributed by atoms with Crippen LogP contribution >= 0.6 is 0 Å². The highest BCUT2D eigenvalue weighted by atomic mass is 16.3. The number of carbonyl (C=O) groups is 1. The van der Waals surface area contributed by atoms with Crippen LogP contribution in [0.25, 0.3) is 0 Å². The first-order chi connectivity index (χ1) is 9.54. The van der Waals surface area contributed by atoms with E-state index in [1.165, 1.54) is 0 Å². The average Bonchev–Trinajstić information content (AvgIpc) is 2.88. The predicted octanol–water partition coefficient (Wildman–Crippen LogP) is 2.13. The Kier molecular flexibility index (Phi) is 4.34. The van der Waals surface area contributed by atoms with Crippen LogP contribution in [-0.4, -0.2) is 21.9 Å². The topological polar surface area (TPSA) is 80.0 Å². The second kappa shape index (κ2) is 6.18.